The molecule has 1 fully saturated rings. The molecule has 258 valence electrons. The molecular weight excluding hydrogens is 694 g/mol. The maximum atomic E-state index is 13.7. The number of unbranched alkanes of at least 4 members (excludes halogenated alkanes) is 1. The molecule has 49 heavy (non-hydrogen) atoms. The highest BCUT2D eigenvalue weighted by atomic mass is 35.5. The van der Waals surface area contributed by atoms with Gasteiger partial charge in [0.05, 0.1) is 0 Å². The van der Waals surface area contributed by atoms with E-state index in [1.165, 1.54) is 0 Å². The average Bonchev–Trinajstić information content (AvgIpc) is 3.36. The van der Waals surface area contributed by atoms with Crippen LogP contribution in [0, 0.1) is 0 Å². The minimum absolute atomic E-state index is 0. The molecule has 1 aliphatic heterocycles. The minimum atomic E-state index is -4.51. The van der Waals surface area contributed by atoms with Gasteiger partial charge in [-0.2, -0.15) is 13.2 Å². The number of halogens is 6. The van der Waals surface area contributed by atoms with Gasteiger partial charge in [0.2, 0.25) is 5.91 Å². The highest BCUT2D eigenvalue weighted by Gasteiger charge is 2.49. The second kappa shape index (κ2) is 15.5. The lowest BCUT2D eigenvalue weighted by molar-refractivity contribution is -0.141. The van der Waals surface area contributed by atoms with Gasteiger partial charge in [-0.05, 0) is 78.2 Å². The molecule has 1 aliphatic carbocycles. The Hall–Kier alpha value is -3.56. The first-order valence-electron chi connectivity index (χ1n) is 16.2. The lowest BCUT2D eigenvalue weighted by Gasteiger charge is -2.33. The second-order valence-corrected chi connectivity index (χ2v) is 13.4. The fourth-order valence-electron chi connectivity index (χ4n) is 7.20. The maximum absolute atomic E-state index is 13.7. The molecule has 2 amide bonds. The van der Waals surface area contributed by atoms with Gasteiger partial charge in [0.25, 0.3) is 5.91 Å². The molecule has 4 aromatic carbocycles. The molecule has 1 heterocycles. The first-order valence-corrected chi connectivity index (χ1v) is 16.9. The van der Waals surface area contributed by atoms with E-state index in [1.807, 2.05) is 72.8 Å². The van der Waals surface area contributed by atoms with Crippen molar-refractivity contribution < 1.29 is 22.8 Å². The van der Waals surface area contributed by atoms with Gasteiger partial charge in [-0.15, -0.1) is 12.4 Å². The Morgan fingerprint density at radius 2 is 1.39 bits per heavy atom. The van der Waals surface area contributed by atoms with Crippen LogP contribution >= 0.6 is 35.6 Å². The van der Waals surface area contributed by atoms with Crippen molar-refractivity contribution in [2.45, 2.75) is 49.7 Å². The van der Waals surface area contributed by atoms with Crippen LogP contribution in [0.4, 0.5) is 13.2 Å². The van der Waals surface area contributed by atoms with Crippen molar-refractivity contribution in [3.8, 4) is 22.3 Å². The van der Waals surface area contributed by atoms with Crippen molar-refractivity contribution >= 4 is 47.4 Å². The van der Waals surface area contributed by atoms with Crippen molar-refractivity contribution in [1.29, 1.82) is 0 Å². The third-order valence-electron chi connectivity index (χ3n) is 9.49. The number of rotatable bonds is 10. The molecule has 0 spiro atoms. The Kier molecular flexibility index (Phi) is 11.6. The van der Waals surface area contributed by atoms with E-state index in [4.69, 9.17) is 23.2 Å². The summed E-state index contributed by atoms with van der Waals surface area (Å²) < 4.78 is 39.5. The van der Waals surface area contributed by atoms with Crippen LogP contribution in [0.3, 0.4) is 0 Å². The predicted molar refractivity (Wildman–Crippen MR) is 192 cm³/mol. The van der Waals surface area contributed by atoms with Gasteiger partial charge >= 0.3 is 6.18 Å². The minimum Gasteiger partial charge on any atom is -0.349 e. The predicted octanol–water partition coefficient (Wildman–Crippen LogP) is 9.09. The van der Waals surface area contributed by atoms with E-state index in [0.717, 1.165) is 72.3 Å². The Balaban J connectivity index is 0.00000468. The molecule has 0 saturated carbocycles. The highest BCUT2D eigenvalue weighted by Crippen LogP contribution is 2.51. The summed E-state index contributed by atoms with van der Waals surface area (Å²) in [5, 5.41) is 6.41. The summed E-state index contributed by atoms with van der Waals surface area (Å²) in [6.07, 6.45) is -1.09. The Morgan fingerprint density at radius 1 is 0.796 bits per heavy atom. The zero-order valence-electron chi connectivity index (χ0n) is 26.7. The topological polar surface area (TPSA) is 61.4 Å². The smallest absolute Gasteiger partial charge is 0.349 e. The third-order valence-corrected chi connectivity index (χ3v) is 10.0. The molecule has 2 N–H and O–H groups in total. The average molecular weight is 731 g/mol. The van der Waals surface area contributed by atoms with Crippen LogP contribution in [-0.4, -0.2) is 55.1 Å². The summed E-state index contributed by atoms with van der Waals surface area (Å²) in [4.78, 5) is 29.4. The summed E-state index contributed by atoms with van der Waals surface area (Å²) in [6, 6.07) is 27.7. The summed E-state index contributed by atoms with van der Waals surface area (Å²) in [6.45, 7) is 1.03. The number of likely N-dealkylation sites (tertiary alicyclic amines) is 1. The third kappa shape index (κ3) is 7.93. The van der Waals surface area contributed by atoms with Crippen LogP contribution in [0.2, 0.25) is 10.0 Å². The lowest BCUT2D eigenvalue weighted by Crippen LogP contribution is -2.47. The number of nitrogens with one attached hydrogen (secondary N) is 2. The number of carbonyl (C=O) groups excluding carboxylic acids is 2. The molecule has 4 aromatic rings. The molecule has 6 rings (SSSR count). The van der Waals surface area contributed by atoms with Gasteiger partial charge in [-0.25, -0.2) is 0 Å². The molecule has 0 unspecified atom stereocenters. The van der Waals surface area contributed by atoms with E-state index in [1.54, 1.807) is 18.2 Å². The molecule has 5 nitrogen and oxygen atoms in total. The van der Waals surface area contributed by atoms with Crippen LogP contribution in [-0.2, 0) is 10.2 Å². The quantitative estimate of drug-likeness (QED) is 0.160. The fraction of sp³-hybridized carbons (Fsp3) is 0.316. The van der Waals surface area contributed by atoms with Gasteiger partial charge in [-0.3, -0.25) is 9.59 Å². The summed E-state index contributed by atoms with van der Waals surface area (Å²) in [5.41, 5.74) is 4.12. The molecule has 0 aromatic heterocycles. The van der Waals surface area contributed by atoms with Gasteiger partial charge < -0.3 is 15.5 Å². The number of carbonyl (C=O) groups is 2. The zero-order valence-corrected chi connectivity index (χ0v) is 29.0. The normalized spacial score (nSPS) is 15.5. The largest absolute Gasteiger partial charge is 0.405 e. The molecule has 2 aliphatic rings. The number of fused-ring (bicyclic) bond motifs is 3. The van der Waals surface area contributed by atoms with Gasteiger partial charge in [-0.1, -0.05) is 102 Å². The molecule has 0 atom stereocenters. The van der Waals surface area contributed by atoms with Crippen LogP contribution in [0.1, 0.15) is 53.6 Å². The van der Waals surface area contributed by atoms with E-state index in [2.05, 4.69) is 15.5 Å². The van der Waals surface area contributed by atoms with Crippen molar-refractivity contribution in [3.63, 3.8) is 0 Å². The first-order chi connectivity index (χ1) is 23.1. The van der Waals surface area contributed by atoms with Crippen LogP contribution in [0.15, 0.2) is 91.0 Å². The Labute approximate surface area is 300 Å². The molecule has 1 saturated heterocycles. The van der Waals surface area contributed by atoms with Crippen molar-refractivity contribution in [2.75, 3.05) is 26.2 Å². The SMILES string of the molecule is Cl.O=C(NC1CCN(CCCCC2(C(=O)NCC(F)(F)F)c3ccccc3-c3ccccc32)CC1)c1ccccc1-c1ccc(Cl)cc1Cl. The van der Waals surface area contributed by atoms with Crippen molar-refractivity contribution in [3.05, 3.63) is 118 Å². The van der Waals surface area contributed by atoms with Crippen LogP contribution in [0.5, 0.6) is 0 Å². The van der Waals surface area contributed by atoms with E-state index in [-0.39, 0.29) is 24.4 Å². The van der Waals surface area contributed by atoms with E-state index < -0.39 is 24.0 Å². The van der Waals surface area contributed by atoms with Gasteiger partial charge in [0.15, 0.2) is 0 Å². The molecule has 0 radical (unpaired) electrons. The number of hydrogen-bond donors (Lipinski definition) is 2. The van der Waals surface area contributed by atoms with Crippen LogP contribution < -0.4 is 10.6 Å². The number of alkyl halides is 3. The van der Waals surface area contributed by atoms with E-state index in [0.29, 0.717) is 28.5 Å². The summed E-state index contributed by atoms with van der Waals surface area (Å²) >= 11 is 12.5. The highest BCUT2D eigenvalue weighted by molar-refractivity contribution is 6.36. The van der Waals surface area contributed by atoms with E-state index >= 15 is 0 Å². The number of piperidine rings is 1. The summed E-state index contributed by atoms with van der Waals surface area (Å²) in [7, 11) is 0. The Bertz CT molecular complexity index is 1760. The standard InChI is InChI=1S/C38H36Cl2F3N3O2.ClH/c39-25-15-16-30(34(40)23-25)27-9-1-2-12-31(27)35(47)45-26-17-21-46(22-18-26)20-8-7-19-37(36(48)44-24-38(41,42)43)32-13-5-3-10-28(32)29-11-4-6-14-33(29)37;/h1-6,9-16,23,26H,7-8,17-22,24H2,(H,44,48)(H,45,47);1H. The Morgan fingerprint density at radius 3 is 2.00 bits per heavy atom. The van der Waals surface area contributed by atoms with E-state index in [9.17, 15) is 22.8 Å². The van der Waals surface area contributed by atoms with Gasteiger partial charge in [0, 0.05) is 40.3 Å². The number of amides is 2. The second-order valence-electron chi connectivity index (χ2n) is 12.5. The van der Waals surface area contributed by atoms with Crippen molar-refractivity contribution in [1.82, 2.24) is 15.5 Å². The van der Waals surface area contributed by atoms with Crippen molar-refractivity contribution in [2.24, 2.45) is 0 Å². The fourth-order valence-corrected chi connectivity index (χ4v) is 7.71. The molecule has 11 heteroatoms. The number of nitrogens with zero attached hydrogens (tertiary/aromatic N) is 1. The molecule has 0 bridgehead atoms. The zero-order chi connectivity index (χ0) is 33.9. The first kappa shape index (κ1) is 36.7. The lowest BCUT2D eigenvalue weighted by atomic mass is 9.73. The van der Waals surface area contributed by atoms with Gasteiger partial charge in [0.1, 0.15) is 12.0 Å². The number of hydrogen-bond acceptors (Lipinski definition) is 3. The summed E-state index contributed by atoms with van der Waals surface area (Å²) in [5.74, 6) is -0.769. The monoisotopic (exact) mass is 729 g/mol. The van der Waals surface area contributed by atoms with Crippen LogP contribution in [0.25, 0.3) is 22.3 Å². The maximum Gasteiger partial charge on any atom is 0.405 e. The molecular formula is C38H37Cl3F3N3O2. The number of benzene rings is 4.